The first-order valence-electron chi connectivity index (χ1n) is 44.6. The molecule has 0 radical (unpaired) electrons. The largest absolute Gasteiger partial charge is 0.454 e. The van der Waals surface area contributed by atoms with Crippen molar-refractivity contribution in [3.63, 3.8) is 0 Å². The van der Waals surface area contributed by atoms with Gasteiger partial charge >= 0.3 is 0 Å². The molecule has 9 aromatic heterocycles. The molecule has 9 heterocycles. The molecule has 0 saturated heterocycles. The van der Waals surface area contributed by atoms with Gasteiger partial charge in [0, 0.05) is 94.8 Å². The van der Waals surface area contributed by atoms with E-state index >= 15 is 0 Å². The first-order valence-corrected chi connectivity index (χ1v) is 44.6. The Hall–Kier alpha value is -18.6. The molecule has 0 amide bonds. The maximum Gasteiger partial charge on any atom is 0.228 e. The molecule has 0 aliphatic rings. The number of para-hydroxylation sites is 1. The number of rotatable bonds is 12. The highest BCUT2D eigenvalue weighted by Crippen LogP contribution is 2.44. The van der Waals surface area contributed by atoms with Crippen LogP contribution < -0.4 is 0 Å². The Morgan fingerprint density at radius 3 is 0.948 bits per heavy atom. The highest BCUT2D eigenvalue weighted by Gasteiger charge is 2.25. The Labute approximate surface area is 771 Å². The van der Waals surface area contributed by atoms with Crippen LogP contribution in [0, 0.1) is 0 Å². The van der Waals surface area contributed by atoms with Gasteiger partial charge in [-0.1, -0.05) is 334 Å². The molecule has 0 saturated carbocycles. The molecule has 0 fully saturated rings. The zero-order valence-corrected chi connectivity index (χ0v) is 72.2. The fourth-order valence-corrected chi connectivity index (χ4v) is 18.3. The lowest BCUT2D eigenvalue weighted by Gasteiger charge is -2.10. The quantitative estimate of drug-likeness (QED) is 0.112. The van der Waals surface area contributed by atoms with Crippen LogP contribution in [0.4, 0.5) is 0 Å². The molecular weight excluding hydrogens is 1660 g/mol. The van der Waals surface area contributed by atoms with Crippen molar-refractivity contribution in [1.82, 2.24) is 59.8 Å². The van der Waals surface area contributed by atoms with E-state index in [4.69, 9.17) is 63.1 Å². The van der Waals surface area contributed by atoms with Gasteiger partial charge in [0.15, 0.2) is 58.0 Å². The van der Waals surface area contributed by atoms with Gasteiger partial charge in [-0.05, 0) is 172 Å². The molecule has 15 heteroatoms. The summed E-state index contributed by atoms with van der Waals surface area (Å²) >= 11 is 0. The van der Waals surface area contributed by atoms with Crippen LogP contribution in [0.25, 0.3) is 267 Å². The predicted molar refractivity (Wildman–Crippen MR) is 545 cm³/mol. The van der Waals surface area contributed by atoms with Gasteiger partial charge in [0.05, 0.1) is 17.1 Å². The van der Waals surface area contributed by atoms with Gasteiger partial charge < -0.3 is 13.3 Å². The van der Waals surface area contributed by atoms with Gasteiger partial charge in [-0.3, -0.25) is 4.98 Å². The lowest BCUT2D eigenvalue weighted by molar-refractivity contribution is 0.654. The van der Waals surface area contributed by atoms with E-state index in [1.54, 1.807) is 12.4 Å². The maximum absolute atomic E-state index is 6.31. The van der Waals surface area contributed by atoms with Crippen LogP contribution in [0.2, 0.25) is 0 Å². The molecule has 135 heavy (non-hydrogen) atoms. The minimum atomic E-state index is 0.547. The van der Waals surface area contributed by atoms with Crippen LogP contribution in [-0.4, -0.2) is 59.8 Å². The van der Waals surface area contributed by atoms with E-state index in [9.17, 15) is 0 Å². The number of hydrogen-bond donors (Lipinski definition) is 0. The van der Waals surface area contributed by atoms with Crippen LogP contribution in [0.15, 0.2) is 450 Å². The Bertz CT molecular complexity index is 8470. The van der Waals surface area contributed by atoms with Crippen LogP contribution in [0.3, 0.4) is 0 Å². The van der Waals surface area contributed by atoms with Gasteiger partial charge in [-0.25, -0.2) is 54.8 Å². The number of aromatic nitrogens is 12. The average Bonchev–Trinajstić information content (AvgIpc) is 1.62. The van der Waals surface area contributed by atoms with Gasteiger partial charge in [-0.15, -0.1) is 0 Å². The Balaban J connectivity index is 0.000000108. The molecule has 0 spiro atoms. The van der Waals surface area contributed by atoms with Crippen molar-refractivity contribution >= 4 is 131 Å². The summed E-state index contributed by atoms with van der Waals surface area (Å²) in [4.78, 5) is 59.3. The van der Waals surface area contributed by atoms with Crippen molar-refractivity contribution in [2.24, 2.45) is 0 Å². The second kappa shape index (κ2) is 33.5. The Morgan fingerprint density at radius 2 is 0.496 bits per heavy atom. The summed E-state index contributed by atoms with van der Waals surface area (Å²) in [6.45, 7) is 0. The molecule has 0 unspecified atom stereocenters. The maximum atomic E-state index is 6.31. The summed E-state index contributed by atoms with van der Waals surface area (Å²) in [5.74, 6) is 5.34. The van der Waals surface area contributed by atoms with Crippen molar-refractivity contribution in [1.29, 1.82) is 0 Å². The van der Waals surface area contributed by atoms with Gasteiger partial charge in [0.2, 0.25) is 11.4 Å². The molecule has 0 atom stereocenters. The third-order valence-electron chi connectivity index (χ3n) is 25.0. The first kappa shape index (κ1) is 78.6. The minimum absolute atomic E-state index is 0.547. The summed E-state index contributed by atoms with van der Waals surface area (Å²) in [5.41, 5.74) is 20.1. The first-order chi connectivity index (χ1) is 66.8. The van der Waals surface area contributed by atoms with Crippen molar-refractivity contribution in [2.75, 3.05) is 0 Å². The molecule has 27 aromatic rings. The predicted octanol–water partition coefficient (Wildman–Crippen LogP) is 30.4. The third-order valence-corrected chi connectivity index (χ3v) is 25.0. The van der Waals surface area contributed by atoms with Gasteiger partial charge in [0.25, 0.3) is 0 Å². The molecule has 0 aliphatic heterocycles. The molecule has 15 nitrogen and oxygen atoms in total. The Morgan fingerprint density at radius 1 is 0.163 bits per heavy atom. The van der Waals surface area contributed by atoms with E-state index in [2.05, 4.69) is 259 Å². The fraction of sp³-hybridized carbons (Fsp3) is 0. The highest BCUT2D eigenvalue weighted by atomic mass is 16.3. The normalized spacial score (nSPS) is 11.6. The van der Waals surface area contributed by atoms with Crippen molar-refractivity contribution in [2.45, 2.75) is 0 Å². The molecule has 18 aromatic carbocycles. The zero-order chi connectivity index (χ0) is 89.2. The molecule has 0 aliphatic carbocycles. The van der Waals surface area contributed by atoms with Crippen molar-refractivity contribution in [3.8, 4) is 136 Å². The van der Waals surface area contributed by atoms with E-state index in [-0.39, 0.29) is 0 Å². The summed E-state index contributed by atoms with van der Waals surface area (Å²) in [6.07, 6.45) is 5.34. The van der Waals surface area contributed by atoms with Gasteiger partial charge in [0.1, 0.15) is 16.7 Å². The monoisotopic (exact) mass is 1730 g/mol. The van der Waals surface area contributed by atoms with Crippen LogP contribution >= 0.6 is 0 Å². The molecule has 630 valence electrons. The lowest BCUT2D eigenvalue weighted by atomic mass is 9.99. The molecular formula is C120H72N12O3. The van der Waals surface area contributed by atoms with Crippen molar-refractivity contribution in [3.05, 3.63) is 437 Å². The topological polar surface area (TPSA) is 194 Å². The molecule has 27 rings (SSSR count). The van der Waals surface area contributed by atoms with E-state index < -0.39 is 0 Å². The molecule has 0 bridgehead atoms. The summed E-state index contributed by atoms with van der Waals surface area (Å²) in [5, 5.41) is 18.1. The number of pyridine rings is 3. The molecule has 0 N–H and O–H groups in total. The second-order valence-corrected chi connectivity index (χ2v) is 33.5. The Kier molecular flexibility index (Phi) is 19.5. The van der Waals surface area contributed by atoms with E-state index in [1.165, 1.54) is 33.4 Å². The second-order valence-electron chi connectivity index (χ2n) is 33.5. The summed E-state index contributed by atoms with van der Waals surface area (Å²) in [6, 6.07) is 143. The highest BCUT2D eigenvalue weighted by molar-refractivity contribution is 6.17. The number of hydrogen-bond acceptors (Lipinski definition) is 15. The summed E-state index contributed by atoms with van der Waals surface area (Å²) < 4.78 is 18.8. The fourth-order valence-electron chi connectivity index (χ4n) is 18.3. The number of furan rings is 3. The van der Waals surface area contributed by atoms with E-state index in [0.717, 1.165) is 164 Å². The smallest absolute Gasteiger partial charge is 0.228 e. The number of fused-ring (bicyclic) bond motifs is 15. The van der Waals surface area contributed by atoms with Crippen LogP contribution in [-0.2, 0) is 0 Å². The standard InChI is InChI=1S/3C40H24N4O/c1-3-10-25(11-4-1)28-20-18-26-19-21-30(23-31(26)22-28)38-42-37(27-12-5-2-6-13-27)43-39(44-38)32-15-9-17-35-36(32)33-24-29-14-7-8-16-34(29)41-40(33)45-35;1-3-9-25(10-4-1)30-17-15-26-16-18-31(20-32(26)19-30)39-42-38(27-11-5-2-6-12-27)43-40(44-39)34-23-41-24-36-37(34)33-21-28-13-7-8-14-29(28)22-35(33)45-36;1-3-9-25(10-4-1)30-17-15-26-16-18-31(22-32(26)21-30)38-42-37(27-11-5-2-6-12-27)43-39(44-38)33-19-20-41-40-36(33)34-23-28-13-7-8-14-29(28)24-35(34)45-40/h3*1-24H. The number of benzene rings is 18. The van der Waals surface area contributed by atoms with E-state index in [1.807, 2.05) is 176 Å². The third kappa shape index (κ3) is 15.0. The lowest BCUT2D eigenvalue weighted by Crippen LogP contribution is -2.00. The summed E-state index contributed by atoms with van der Waals surface area (Å²) in [7, 11) is 0. The van der Waals surface area contributed by atoms with Crippen LogP contribution in [0.5, 0.6) is 0 Å². The van der Waals surface area contributed by atoms with Crippen LogP contribution in [0.1, 0.15) is 0 Å². The number of nitrogens with zero attached hydrogens (tertiary/aromatic N) is 12. The minimum Gasteiger partial charge on any atom is -0.454 e. The average molecular weight is 1730 g/mol. The van der Waals surface area contributed by atoms with Gasteiger partial charge in [-0.2, -0.15) is 0 Å². The van der Waals surface area contributed by atoms with Crippen molar-refractivity contribution < 1.29 is 13.3 Å². The SMILES string of the molecule is c1ccc(-c2ccc3ccc(-c4nc(-c5ccccc5)nc(-c5cccc6oc7nc8ccccc8cc7c56)n4)cc3c2)cc1.c1ccc(-c2ccc3ccc(-c4nc(-c5ccccc5)nc(-c5ccnc6oc7cc8ccccc8cc7c56)n4)cc3c2)cc1.c1ccc(-c2ccc3ccc(-c4nc(-c5ccccc5)nc(-c5cncc6oc7cc8ccccc8cc7c56)n4)cc3c2)cc1. The van der Waals surface area contributed by atoms with E-state index in [0.29, 0.717) is 69.4 Å². The zero-order valence-electron chi connectivity index (χ0n) is 72.2.